The zero-order valence-electron chi connectivity index (χ0n) is 34.7. The van der Waals surface area contributed by atoms with E-state index in [1.165, 1.54) is 74.5 Å². The molecule has 5 N–H and O–H groups in total. The Kier molecular flexibility index (Phi) is 16.1. The number of rotatable bonds is 21. The fourth-order valence-corrected chi connectivity index (χ4v) is 7.47. The molecule has 0 aliphatic heterocycles. The zero-order chi connectivity index (χ0) is 45.0. The highest BCUT2D eigenvalue weighted by molar-refractivity contribution is 7.99. The maximum absolute atomic E-state index is 11.6. The molecule has 0 radical (unpaired) electrons. The Bertz CT molecular complexity index is 2440. The van der Waals surface area contributed by atoms with Crippen LogP contribution in [0, 0.1) is 0 Å². The molecular weight excluding hydrogens is 863 g/mol. The maximum Gasteiger partial charge on any atom is 0.294 e. The monoisotopic (exact) mass is 909 g/mol. The topological polar surface area (TPSA) is 266 Å². The Morgan fingerprint density at radius 1 is 0.613 bits per heavy atom. The van der Waals surface area contributed by atoms with Gasteiger partial charge in [0.2, 0.25) is 11.9 Å². The van der Waals surface area contributed by atoms with Crippen molar-refractivity contribution in [1.29, 1.82) is 0 Å². The molecule has 0 unspecified atom stereocenters. The highest BCUT2D eigenvalue weighted by Gasteiger charge is 2.20. The largest absolute Gasteiger partial charge is 0.494 e. The van der Waals surface area contributed by atoms with Crippen LogP contribution in [0.3, 0.4) is 0 Å². The smallest absolute Gasteiger partial charge is 0.294 e. The molecule has 5 aromatic rings. The molecule has 330 valence electrons. The van der Waals surface area contributed by atoms with E-state index in [1.54, 1.807) is 12.1 Å². The van der Waals surface area contributed by atoms with Crippen LogP contribution in [0.2, 0.25) is 0 Å². The van der Waals surface area contributed by atoms with Crippen molar-refractivity contribution in [3.8, 4) is 11.5 Å². The summed E-state index contributed by atoms with van der Waals surface area (Å²) in [5, 5.41) is 34.0. The van der Waals surface area contributed by atoms with E-state index in [0.717, 1.165) is 11.4 Å². The van der Waals surface area contributed by atoms with Crippen LogP contribution >= 0.6 is 11.8 Å². The van der Waals surface area contributed by atoms with Crippen LogP contribution in [-0.4, -0.2) is 98.8 Å². The molecule has 0 saturated carbocycles. The molecule has 1 aromatic heterocycles. The normalized spacial score (nSPS) is 11.9. The third kappa shape index (κ3) is 12.1. The van der Waals surface area contributed by atoms with Crippen molar-refractivity contribution < 1.29 is 40.5 Å². The average molecular weight is 910 g/mol. The number of benzene rings is 4. The standard InChI is InChI=1S/C39H47N11O9S3/c1-7-49(8-2)33-21-29(31(23-35(33)58-5)47-45-25-11-15-27(16-12-25)61(52,53)54)40-37-42-38(44-39(43-37)60-20-19-51)41-30-22-34(50(9-3)10-4)36(59-6)24-32(30)48-46-26-13-17-28(18-14-26)62(55,56)57/h11-18,21-24,51H,7-10,19-20H2,1-6H3,(H,52,53,54)(H,55,56,57)(H2,40,41,42,43,44)/b47-45+,48-46+. The molecule has 0 aliphatic rings. The summed E-state index contributed by atoms with van der Waals surface area (Å²) in [5.74, 6) is 1.47. The first-order valence-corrected chi connectivity index (χ1v) is 23.0. The van der Waals surface area contributed by atoms with E-state index < -0.39 is 20.2 Å². The predicted octanol–water partition coefficient (Wildman–Crippen LogP) is 8.48. The molecule has 0 atom stereocenters. The summed E-state index contributed by atoms with van der Waals surface area (Å²) in [4.78, 5) is 17.6. The predicted molar refractivity (Wildman–Crippen MR) is 238 cm³/mol. The minimum Gasteiger partial charge on any atom is -0.494 e. The number of ether oxygens (including phenoxy) is 2. The zero-order valence-corrected chi connectivity index (χ0v) is 37.2. The van der Waals surface area contributed by atoms with Crippen LogP contribution in [0.4, 0.5) is 57.4 Å². The Hall–Kier alpha value is -5.98. The van der Waals surface area contributed by atoms with Gasteiger partial charge in [0.1, 0.15) is 22.9 Å². The van der Waals surface area contributed by atoms with E-state index in [-0.39, 0.29) is 39.2 Å². The number of nitrogens with zero attached hydrogens (tertiary/aromatic N) is 9. The van der Waals surface area contributed by atoms with Crippen LogP contribution in [0.15, 0.2) is 108 Å². The minimum atomic E-state index is -4.41. The van der Waals surface area contributed by atoms with Gasteiger partial charge in [-0.25, -0.2) is 0 Å². The van der Waals surface area contributed by atoms with Crippen LogP contribution in [0.5, 0.6) is 11.5 Å². The molecule has 0 fully saturated rings. The Labute approximate surface area is 364 Å². The summed E-state index contributed by atoms with van der Waals surface area (Å²) in [6.07, 6.45) is 0. The molecule has 1 heterocycles. The lowest BCUT2D eigenvalue weighted by Gasteiger charge is -2.25. The number of hydrogen-bond acceptors (Lipinski definition) is 19. The molecule has 4 aromatic carbocycles. The number of anilines is 6. The van der Waals surface area contributed by atoms with E-state index in [9.17, 15) is 31.0 Å². The summed E-state index contributed by atoms with van der Waals surface area (Å²) in [5.41, 5.74) is 3.54. The van der Waals surface area contributed by atoms with Crippen molar-refractivity contribution in [3.05, 3.63) is 72.8 Å². The summed E-state index contributed by atoms with van der Waals surface area (Å²) in [6.45, 7) is 10.5. The van der Waals surface area contributed by atoms with Gasteiger partial charge < -0.3 is 35.0 Å². The van der Waals surface area contributed by atoms with Crippen molar-refractivity contribution in [1.82, 2.24) is 15.0 Å². The first-order chi connectivity index (χ1) is 29.6. The lowest BCUT2D eigenvalue weighted by Crippen LogP contribution is -2.22. The van der Waals surface area contributed by atoms with Gasteiger partial charge >= 0.3 is 0 Å². The average Bonchev–Trinajstić information content (AvgIpc) is 3.25. The molecule has 0 saturated heterocycles. The Balaban J connectivity index is 1.62. The highest BCUT2D eigenvalue weighted by Crippen LogP contribution is 2.42. The second kappa shape index (κ2) is 21.2. The number of aliphatic hydroxyl groups is 1. The summed E-state index contributed by atoms with van der Waals surface area (Å²) >= 11 is 1.19. The Morgan fingerprint density at radius 2 is 1.00 bits per heavy atom. The molecule has 5 rings (SSSR count). The van der Waals surface area contributed by atoms with Gasteiger partial charge in [-0.3, -0.25) is 9.11 Å². The van der Waals surface area contributed by atoms with Gasteiger partial charge in [0.25, 0.3) is 20.2 Å². The van der Waals surface area contributed by atoms with Crippen molar-refractivity contribution in [3.63, 3.8) is 0 Å². The van der Waals surface area contributed by atoms with E-state index in [4.69, 9.17) is 14.5 Å². The molecule has 0 bridgehead atoms. The molecule has 0 amide bonds. The minimum absolute atomic E-state index is 0.0899. The van der Waals surface area contributed by atoms with E-state index in [1.807, 2.05) is 39.8 Å². The number of thioether (sulfide) groups is 1. The number of aliphatic hydroxyl groups excluding tert-OH is 1. The van der Waals surface area contributed by atoms with Crippen molar-refractivity contribution in [2.24, 2.45) is 20.5 Å². The highest BCUT2D eigenvalue weighted by atomic mass is 32.2. The van der Waals surface area contributed by atoms with E-state index in [0.29, 0.717) is 71.8 Å². The first kappa shape index (κ1) is 47.1. The SMILES string of the molecule is CCN(CC)c1cc(Nc2nc(Nc3cc(N(CC)CC)c(OC)cc3/N=N/c3ccc(S(=O)(=O)O)cc3)nc(SCCO)n2)c(/N=N/c2ccc(S(=O)(=O)O)cc2)cc1OC. The fraction of sp³-hybridized carbons (Fsp3) is 0.308. The van der Waals surface area contributed by atoms with Crippen LogP contribution in [-0.2, 0) is 20.2 Å². The second-order valence-electron chi connectivity index (χ2n) is 12.9. The number of nitrogens with one attached hydrogen (secondary N) is 2. The van der Waals surface area contributed by atoms with Gasteiger partial charge in [-0.15, -0.1) is 10.2 Å². The number of azo groups is 2. The lowest BCUT2D eigenvalue weighted by atomic mass is 10.2. The number of aromatic nitrogens is 3. The third-order valence-corrected chi connectivity index (χ3v) is 11.6. The maximum atomic E-state index is 11.6. The van der Waals surface area contributed by atoms with Crippen LogP contribution in [0.1, 0.15) is 27.7 Å². The van der Waals surface area contributed by atoms with Crippen LogP contribution in [0.25, 0.3) is 0 Å². The Morgan fingerprint density at radius 3 is 1.32 bits per heavy atom. The first-order valence-electron chi connectivity index (χ1n) is 19.1. The molecule has 20 nitrogen and oxygen atoms in total. The summed E-state index contributed by atoms with van der Waals surface area (Å²) in [7, 11) is -5.74. The summed E-state index contributed by atoms with van der Waals surface area (Å²) in [6, 6.07) is 17.4. The van der Waals surface area contributed by atoms with Gasteiger partial charge in [-0.1, -0.05) is 11.8 Å². The number of hydrogen-bond donors (Lipinski definition) is 5. The molecule has 62 heavy (non-hydrogen) atoms. The van der Waals surface area contributed by atoms with Gasteiger partial charge in [0, 0.05) is 44.1 Å². The quantitative estimate of drug-likeness (QED) is 0.0262. The van der Waals surface area contributed by atoms with Crippen molar-refractivity contribution in [2.75, 3.05) is 73.2 Å². The lowest BCUT2D eigenvalue weighted by molar-refractivity contribution is 0.322. The second-order valence-corrected chi connectivity index (χ2v) is 16.8. The van der Waals surface area contributed by atoms with E-state index in [2.05, 4.69) is 50.9 Å². The van der Waals surface area contributed by atoms with E-state index >= 15 is 0 Å². The molecule has 0 spiro atoms. The van der Waals surface area contributed by atoms with Crippen molar-refractivity contribution >= 4 is 89.4 Å². The van der Waals surface area contributed by atoms with Crippen molar-refractivity contribution in [2.45, 2.75) is 42.6 Å². The fourth-order valence-electron chi connectivity index (χ4n) is 5.93. The molecule has 23 heteroatoms. The molecular formula is C39H47N11O9S3. The summed E-state index contributed by atoms with van der Waals surface area (Å²) < 4.78 is 76.7. The number of methoxy groups -OCH3 is 2. The van der Waals surface area contributed by atoms with Gasteiger partial charge in [-0.05, 0) is 88.4 Å². The van der Waals surface area contributed by atoms with Crippen LogP contribution < -0.4 is 29.9 Å². The van der Waals surface area contributed by atoms with Gasteiger partial charge in [-0.2, -0.15) is 42.0 Å². The third-order valence-electron chi connectivity index (χ3n) is 9.05. The van der Waals surface area contributed by atoms with Gasteiger partial charge in [0.05, 0.1) is 64.7 Å². The molecule has 0 aliphatic carbocycles. The van der Waals surface area contributed by atoms with Gasteiger partial charge in [0.15, 0.2) is 5.16 Å².